The number of carboxylic acids is 1. The maximum Gasteiger partial charge on any atom is 0.314 e. The summed E-state index contributed by atoms with van der Waals surface area (Å²) in [6, 6.07) is 5.47. The zero-order valence-electron chi connectivity index (χ0n) is 11.9. The topological polar surface area (TPSA) is 103 Å². The van der Waals surface area contributed by atoms with Crippen LogP contribution in [0.2, 0.25) is 5.02 Å². The van der Waals surface area contributed by atoms with E-state index >= 15 is 0 Å². The first-order valence-corrected chi connectivity index (χ1v) is 7.14. The minimum absolute atomic E-state index is 0.0295. The number of anilines is 1. The van der Waals surface area contributed by atoms with Crippen LogP contribution < -0.4 is 10.5 Å². The van der Waals surface area contributed by atoms with Crippen LogP contribution in [0.25, 0.3) is 0 Å². The Hall–Kier alpha value is -2.28. The second-order valence-corrected chi connectivity index (χ2v) is 5.63. The van der Waals surface area contributed by atoms with Gasteiger partial charge in [0.15, 0.2) is 0 Å². The van der Waals surface area contributed by atoms with E-state index in [0.29, 0.717) is 29.6 Å². The third kappa shape index (κ3) is 2.48. The average Bonchev–Trinajstić information content (AvgIpc) is 2.85. The molecule has 2 aromatic rings. The fourth-order valence-corrected chi connectivity index (χ4v) is 3.09. The smallest absolute Gasteiger partial charge is 0.314 e. The van der Waals surface area contributed by atoms with E-state index in [2.05, 4.69) is 10.1 Å². The summed E-state index contributed by atoms with van der Waals surface area (Å²) in [5.74, 6) is -0.613. The molecule has 0 spiro atoms. The maximum absolute atomic E-state index is 11.5. The average molecular weight is 323 g/mol. The number of rotatable bonds is 3. The standard InChI is InChI=1S/C14H15ClN4O3/c1-22-11-3-2-7(5-10(11)15)8-4-9(13(20)21)12-17-14(16)18-19(12)6-8/h2-3,5,8-9H,4,6H2,1H3,(H2,16,18)(H,20,21). The van der Waals surface area contributed by atoms with E-state index in [9.17, 15) is 9.90 Å². The first-order chi connectivity index (χ1) is 10.5. The molecular weight excluding hydrogens is 308 g/mol. The van der Waals surface area contributed by atoms with Crippen molar-refractivity contribution in [1.29, 1.82) is 0 Å². The number of hydrogen-bond acceptors (Lipinski definition) is 5. The lowest BCUT2D eigenvalue weighted by Crippen LogP contribution is -2.28. The van der Waals surface area contributed by atoms with Crippen LogP contribution >= 0.6 is 11.6 Å². The Morgan fingerprint density at radius 1 is 1.55 bits per heavy atom. The number of methoxy groups -OCH3 is 1. The first-order valence-electron chi connectivity index (χ1n) is 6.76. The Morgan fingerprint density at radius 3 is 2.95 bits per heavy atom. The van der Waals surface area contributed by atoms with E-state index in [4.69, 9.17) is 22.1 Å². The molecule has 2 unspecified atom stereocenters. The van der Waals surface area contributed by atoms with Gasteiger partial charge in [-0.25, -0.2) is 4.68 Å². The van der Waals surface area contributed by atoms with Gasteiger partial charge in [-0.15, -0.1) is 5.10 Å². The zero-order valence-corrected chi connectivity index (χ0v) is 12.6. The number of ether oxygens (including phenoxy) is 1. The largest absolute Gasteiger partial charge is 0.495 e. The van der Waals surface area contributed by atoms with Gasteiger partial charge in [0.1, 0.15) is 17.5 Å². The molecule has 1 aliphatic rings. The fraction of sp³-hybridized carbons (Fsp3) is 0.357. The molecule has 0 saturated carbocycles. The van der Waals surface area contributed by atoms with Gasteiger partial charge in [0.25, 0.3) is 0 Å². The highest BCUT2D eigenvalue weighted by atomic mass is 35.5. The zero-order chi connectivity index (χ0) is 15.9. The lowest BCUT2D eigenvalue weighted by Gasteiger charge is -2.27. The van der Waals surface area contributed by atoms with E-state index < -0.39 is 11.9 Å². The van der Waals surface area contributed by atoms with Gasteiger partial charge in [0.05, 0.1) is 18.7 Å². The second-order valence-electron chi connectivity index (χ2n) is 5.23. The predicted molar refractivity (Wildman–Crippen MR) is 80.2 cm³/mol. The summed E-state index contributed by atoms with van der Waals surface area (Å²) in [6.45, 7) is 0.520. The summed E-state index contributed by atoms with van der Waals surface area (Å²) >= 11 is 6.16. The highest BCUT2D eigenvalue weighted by molar-refractivity contribution is 6.32. The van der Waals surface area contributed by atoms with Gasteiger partial charge in [-0.1, -0.05) is 17.7 Å². The van der Waals surface area contributed by atoms with Crippen molar-refractivity contribution in [3.8, 4) is 5.75 Å². The van der Waals surface area contributed by atoms with Crippen molar-refractivity contribution in [3.05, 3.63) is 34.6 Å². The van der Waals surface area contributed by atoms with Crippen LogP contribution in [0, 0.1) is 0 Å². The number of nitrogen functional groups attached to an aromatic ring is 1. The van der Waals surface area contributed by atoms with E-state index in [-0.39, 0.29) is 11.9 Å². The summed E-state index contributed by atoms with van der Waals surface area (Å²) in [5, 5.41) is 14.0. The van der Waals surface area contributed by atoms with Crippen LogP contribution in [0.15, 0.2) is 18.2 Å². The Kier molecular flexibility index (Phi) is 3.66. The minimum Gasteiger partial charge on any atom is -0.495 e. The third-order valence-electron chi connectivity index (χ3n) is 3.89. The predicted octanol–water partition coefficient (Wildman–Crippen LogP) is 1.88. The van der Waals surface area contributed by atoms with Crippen LogP contribution in [0.3, 0.4) is 0 Å². The number of nitrogens with zero attached hydrogens (tertiary/aromatic N) is 3. The summed E-state index contributed by atoms with van der Waals surface area (Å²) in [6.07, 6.45) is 0.427. The van der Waals surface area contributed by atoms with E-state index in [1.165, 1.54) is 0 Å². The highest BCUT2D eigenvalue weighted by Crippen LogP contribution is 2.38. The molecule has 3 N–H and O–H groups in total. The van der Waals surface area contributed by atoms with Crippen molar-refractivity contribution in [2.75, 3.05) is 12.8 Å². The van der Waals surface area contributed by atoms with E-state index in [0.717, 1.165) is 5.56 Å². The summed E-state index contributed by atoms with van der Waals surface area (Å²) in [4.78, 5) is 15.5. The normalized spacial score (nSPS) is 20.5. The number of hydrogen-bond donors (Lipinski definition) is 2. The quantitative estimate of drug-likeness (QED) is 0.894. The van der Waals surface area contributed by atoms with Crippen LogP contribution in [0.4, 0.5) is 5.95 Å². The monoisotopic (exact) mass is 322 g/mol. The van der Waals surface area contributed by atoms with Crippen molar-refractivity contribution in [2.24, 2.45) is 0 Å². The molecule has 0 bridgehead atoms. The van der Waals surface area contributed by atoms with Crippen molar-refractivity contribution < 1.29 is 14.6 Å². The van der Waals surface area contributed by atoms with Gasteiger partial charge >= 0.3 is 5.97 Å². The maximum atomic E-state index is 11.5. The van der Waals surface area contributed by atoms with Crippen molar-refractivity contribution in [3.63, 3.8) is 0 Å². The Bertz CT molecular complexity index is 731. The van der Waals surface area contributed by atoms with Gasteiger partial charge in [0.2, 0.25) is 5.95 Å². The molecule has 1 aromatic carbocycles. The van der Waals surface area contributed by atoms with Crippen molar-refractivity contribution in [1.82, 2.24) is 14.8 Å². The molecule has 1 aliphatic heterocycles. The summed E-state index contributed by atoms with van der Waals surface area (Å²) in [7, 11) is 1.55. The van der Waals surface area contributed by atoms with Gasteiger partial charge in [0, 0.05) is 5.92 Å². The molecule has 0 saturated heterocycles. The van der Waals surface area contributed by atoms with Crippen LogP contribution in [-0.2, 0) is 11.3 Å². The van der Waals surface area contributed by atoms with Gasteiger partial charge in [-0.05, 0) is 24.1 Å². The number of aromatic nitrogens is 3. The lowest BCUT2D eigenvalue weighted by atomic mass is 9.85. The summed E-state index contributed by atoms with van der Waals surface area (Å²) in [5.41, 5.74) is 6.53. The Balaban J connectivity index is 1.96. The van der Waals surface area contributed by atoms with Gasteiger partial charge in [-0.3, -0.25) is 4.79 Å². The second kappa shape index (κ2) is 5.49. The molecule has 1 aromatic heterocycles. The number of halogens is 1. The molecule has 8 heteroatoms. The number of benzene rings is 1. The van der Waals surface area contributed by atoms with E-state index in [1.807, 2.05) is 6.07 Å². The number of fused-ring (bicyclic) bond motifs is 1. The molecule has 3 rings (SSSR count). The summed E-state index contributed by atoms with van der Waals surface area (Å²) < 4.78 is 6.71. The van der Waals surface area contributed by atoms with Crippen molar-refractivity contribution >= 4 is 23.5 Å². The Labute approximate surface area is 131 Å². The molecule has 0 radical (unpaired) electrons. The molecule has 2 heterocycles. The molecule has 0 amide bonds. The van der Waals surface area contributed by atoms with Gasteiger partial charge in [-0.2, -0.15) is 4.98 Å². The van der Waals surface area contributed by atoms with Crippen LogP contribution in [-0.4, -0.2) is 33.0 Å². The number of nitrogens with two attached hydrogens (primary N) is 1. The molecule has 116 valence electrons. The highest BCUT2D eigenvalue weighted by Gasteiger charge is 2.35. The molecule has 0 aliphatic carbocycles. The molecule has 2 atom stereocenters. The van der Waals surface area contributed by atoms with Gasteiger partial charge < -0.3 is 15.6 Å². The third-order valence-corrected chi connectivity index (χ3v) is 4.18. The Morgan fingerprint density at radius 2 is 2.32 bits per heavy atom. The number of aliphatic carboxylic acids is 1. The minimum atomic E-state index is -0.932. The molecular formula is C14H15ClN4O3. The SMILES string of the molecule is COc1ccc(C2CC(C(=O)O)c3nc(N)nn3C2)cc1Cl. The number of carboxylic acid groups (broad SMARTS) is 1. The first kappa shape index (κ1) is 14.6. The van der Waals surface area contributed by atoms with E-state index in [1.54, 1.807) is 23.9 Å². The molecule has 0 fully saturated rings. The fourth-order valence-electron chi connectivity index (χ4n) is 2.83. The number of carbonyl (C=O) groups is 1. The molecule has 22 heavy (non-hydrogen) atoms. The van der Waals surface area contributed by atoms with Crippen molar-refractivity contribution in [2.45, 2.75) is 24.8 Å². The van der Waals surface area contributed by atoms with Crippen LogP contribution in [0.1, 0.15) is 29.6 Å². The molecule has 7 nitrogen and oxygen atoms in total. The van der Waals surface area contributed by atoms with Crippen LogP contribution in [0.5, 0.6) is 5.75 Å². The lowest BCUT2D eigenvalue weighted by molar-refractivity contribution is -0.139.